The number of halogens is 2. The summed E-state index contributed by atoms with van der Waals surface area (Å²) in [6, 6.07) is 2.55. The van der Waals surface area contributed by atoms with E-state index < -0.39 is 17.7 Å². The molecule has 0 fully saturated rings. The van der Waals surface area contributed by atoms with Crippen molar-refractivity contribution in [2.45, 2.75) is 13.0 Å². The van der Waals surface area contributed by atoms with E-state index in [-0.39, 0.29) is 11.3 Å². The molecule has 82 valence electrons. The van der Waals surface area contributed by atoms with Crippen LogP contribution in [0, 0.1) is 11.6 Å². The van der Waals surface area contributed by atoms with Crippen LogP contribution in [0.1, 0.15) is 17.3 Å². The second-order valence-corrected chi connectivity index (χ2v) is 3.63. The minimum Gasteiger partial charge on any atom is -0.300 e. The van der Waals surface area contributed by atoms with Crippen LogP contribution in [0.2, 0.25) is 0 Å². The van der Waals surface area contributed by atoms with Gasteiger partial charge in [-0.2, -0.15) is 0 Å². The van der Waals surface area contributed by atoms with Gasteiger partial charge in [0.25, 0.3) is 0 Å². The first-order valence-corrected chi connectivity index (χ1v) is 4.59. The van der Waals surface area contributed by atoms with Crippen molar-refractivity contribution < 1.29 is 13.6 Å². The van der Waals surface area contributed by atoms with Crippen molar-refractivity contribution in [1.29, 1.82) is 0 Å². The van der Waals surface area contributed by atoms with Gasteiger partial charge in [0, 0.05) is 6.07 Å². The lowest BCUT2D eigenvalue weighted by Crippen LogP contribution is -2.33. The first kappa shape index (κ1) is 11.8. The van der Waals surface area contributed by atoms with Gasteiger partial charge in [-0.3, -0.25) is 9.69 Å². The summed E-state index contributed by atoms with van der Waals surface area (Å²) in [5.41, 5.74) is -0.0717. The zero-order valence-electron chi connectivity index (χ0n) is 8.92. The van der Waals surface area contributed by atoms with E-state index in [2.05, 4.69) is 0 Å². The number of ketones is 1. The van der Waals surface area contributed by atoms with Crippen molar-refractivity contribution in [2.75, 3.05) is 14.1 Å². The molecule has 1 aromatic rings. The average Bonchev–Trinajstić information content (AvgIpc) is 2.15. The Hall–Kier alpha value is -1.29. The van der Waals surface area contributed by atoms with Gasteiger partial charge in [0.1, 0.15) is 11.6 Å². The van der Waals surface area contributed by atoms with Gasteiger partial charge in [-0.15, -0.1) is 0 Å². The van der Waals surface area contributed by atoms with Gasteiger partial charge in [0.15, 0.2) is 5.78 Å². The van der Waals surface area contributed by atoms with Crippen molar-refractivity contribution in [3.05, 3.63) is 35.4 Å². The molecule has 4 heteroatoms. The molecule has 2 nitrogen and oxygen atoms in total. The number of likely N-dealkylation sites (N-methyl/N-ethyl adjacent to an activating group) is 1. The Balaban J connectivity index is 3.01. The zero-order valence-corrected chi connectivity index (χ0v) is 8.92. The fraction of sp³-hybridized carbons (Fsp3) is 0.364. The Morgan fingerprint density at radius 2 is 1.93 bits per heavy atom. The predicted octanol–water partition coefficient (Wildman–Crippen LogP) is 2.10. The highest BCUT2D eigenvalue weighted by Crippen LogP contribution is 2.13. The largest absolute Gasteiger partial charge is 0.300 e. The number of rotatable bonds is 3. The summed E-state index contributed by atoms with van der Waals surface area (Å²) < 4.78 is 25.9. The van der Waals surface area contributed by atoms with E-state index in [1.807, 2.05) is 0 Å². The van der Waals surface area contributed by atoms with Crippen LogP contribution in [-0.4, -0.2) is 30.8 Å². The van der Waals surface area contributed by atoms with Crippen LogP contribution in [0.5, 0.6) is 0 Å². The normalized spacial score (nSPS) is 12.9. The molecule has 0 heterocycles. The van der Waals surface area contributed by atoms with Crippen molar-refractivity contribution in [2.24, 2.45) is 0 Å². The van der Waals surface area contributed by atoms with Crippen LogP contribution in [0.15, 0.2) is 18.2 Å². The number of hydrogen-bond donors (Lipinski definition) is 0. The molecule has 0 aliphatic heterocycles. The number of hydrogen-bond acceptors (Lipinski definition) is 2. The third-order valence-corrected chi connectivity index (χ3v) is 2.35. The predicted molar refractivity (Wildman–Crippen MR) is 53.8 cm³/mol. The van der Waals surface area contributed by atoms with Crippen LogP contribution in [0.4, 0.5) is 8.78 Å². The zero-order chi connectivity index (χ0) is 11.6. The number of benzene rings is 1. The monoisotopic (exact) mass is 213 g/mol. The van der Waals surface area contributed by atoms with E-state index in [9.17, 15) is 13.6 Å². The van der Waals surface area contributed by atoms with Crippen LogP contribution in [0.25, 0.3) is 0 Å². The van der Waals surface area contributed by atoms with Crippen LogP contribution >= 0.6 is 0 Å². The Morgan fingerprint density at radius 1 is 1.33 bits per heavy atom. The quantitative estimate of drug-likeness (QED) is 0.716. The van der Waals surface area contributed by atoms with Gasteiger partial charge in [-0.25, -0.2) is 8.78 Å². The molecular formula is C11H13F2NO. The molecule has 1 rings (SSSR count). The van der Waals surface area contributed by atoms with Crippen molar-refractivity contribution >= 4 is 5.78 Å². The van der Waals surface area contributed by atoms with E-state index in [0.717, 1.165) is 12.1 Å². The molecular weight excluding hydrogens is 200 g/mol. The molecule has 0 aliphatic rings. The van der Waals surface area contributed by atoms with Gasteiger partial charge < -0.3 is 0 Å². The number of carbonyl (C=O) groups is 1. The van der Waals surface area contributed by atoms with E-state index >= 15 is 0 Å². The van der Waals surface area contributed by atoms with E-state index in [0.29, 0.717) is 0 Å². The average molecular weight is 213 g/mol. The van der Waals surface area contributed by atoms with Gasteiger partial charge in [-0.1, -0.05) is 0 Å². The summed E-state index contributed by atoms with van der Waals surface area (Å²) in [6.07, 6.45) is 0. The second kappa shape index (κ2) is 4.49. The number of Topliss-reactive ketones (excluding diaryl/α,β-unsaturated/α-hetero) is 1. The molecule has 0 aliphatic carbocycles. The molecule has 0 spiro atoms. The minimum absolute atomic E-state index is 0.0717. The minimum atomic E-state index is -0.811. The first-order chi connectivity index (χ1) is 6.93. The molecule has 15 heavy (non-hydrogen) atoms. The molecule has 1 atom stereocenters. The fourth-order valence-electron chi connectivity index (χ4n) is 1.15. The maximum absolute atomic E-state index is 13.2. The molecule has 1 aromatic carbocycles. The van der Waals surface area contributed by atoms with Crippen LogP contribution in [-0.2, 0) is 0 Å². The smallest absolute Gasteiger partial charge is 0.182 e. The highest BCUT2D eigenvalue weighted by atomic mass is 19.1. The van der Waals surface area contributed by atoms with E-state index in [1.165, 1.54) is 6.07 Å². The maximum Gasteiger partial charge on any atom is 0.182 e. The summed E-state index contributed by atoms with van der Waals surface area (Å²) in [5, 5.41) is 0. The lowest BCUT2D eigenvalue weighted by Gasteiger charge is -2.18. The summed E-state index contributed by atoms with van der Waals surface area (Å²) >= 11 is 0. The Labute approximate surface area is 87.5 Å². The highest BCUT2D eigenvalue weighted by molar-refractivity contribution is 6.00. The van der Waals surface area contributed by atoms with E-state index in [4.69, 9.17) is 0 Å². The molecule has 0 N–H and O–H groups in total. The standard InChI is InChI=1S/C11H13F2NO/c1-7(14(2)3)11(15)9-5-4-8(12)6-10(9)13/h4-7H,1-3H3. The molecule has 0 saturated heterocycles. The van der Waals surface area contributed by atoms with Gasteiger partial charge in [0.05, 0.1) is 11.6 Å². The molecule has 0 aromatic heterocycles. The summed E-state index contributed by atoms with van der Waals surface area (Å²) in [5.74, 6) is -1.84. The van der Waals surface area contributed by atoms with Crippen LogP contribution in [0.3, 0.4) is 0 Å². The van der Waals surface area contributed by atoms with Gasteiger partial charge in [0.2, 0.25) is 0 Å². The third-order valence-electron chi connectivity index (χ3n) is 2.35. The summed E-state index contributed by atoms with van der Waals surface area (Å²) in [7, 11) is 3.45. The molecule has 0 radical (unpaired) electrons. The topological polar surface area (TPSA) is 20.3 Å². The molecule has 1 unspecified atom stereocenters. The number of nitrogens with zero attached hydrogens (tertiary/aromatic N) is 1. The highest BCUT2D eigenvalue weighted by Gasteiger charge is 2.20. The Bertz CT molecular complexity index is 377. The summed E-state index contributed by atoms with van der Waals surface area (Å²) in [6.45, 7) is 1.67. The molecule has 0 saturated carbocycles. The Kier molecular flexibility index (Phi) is 3.52. The van der Waals surface area contributed by atoms with Crippen molar-refractivity contribution in [3.8, 4) is 0 Å². The molecule has 0 bridgehead atoms. The Morgan fingerprint density at radius 3 is 2.40 bits per heavy atom. The van der Waals surface area contributed by atoms with Crippen LogP contribution < -0.4 is 0 Å². The lowest BCUT2D eigenvalue weighted by molar-refractivity contribution is 0.0886. The number of carbonyl (C=O) groups excluding carboxylic acids is 1. The van der Waals surface area contributed by atoms with Gasteiger partial charge >= 0.3 is 0 Å². The van der Waals surface area contributed by atoms with Crippen molar-refractivity contribution in [3.63, 3.8) is 0 Å². The first-order valence-electron chi connectivity index (χ1n) is 4.59. The SMILES string of the molecule is CC(C(=O)c1ccc(F)cc1F)N(C)C. The fourth-order valence-corrected chi connectivity index (χ4v) is 1.15. The molecule has 0 amide bonds. The maximum atomic E-state index is 13.2. The summed E-state index contributed by atoms with van der Waals surface area (Å²) in [4.78, 5) is 13.4. The van der Waals surface area contributed by atoms with Crippen molar-refractivity contribution in [1.82, 2.24) is 4.90 Å². The van der Waals surface area contributed by atoms with E-state index in [1.54, 1.807) is 25.9 Å². The van der Waals surface area contributed by atoms with Gasteiger partial charge in [-0.05, 0) is 33.2 Å². The second-order valence-electron chi connectivity index (χ2n) is 3.63. The third kappa shape index (κ3) is 2.59. The lowest BCUT2D eigenvalue weighted by atomic mass is 10.0.